The van der Waals surface area contributed by atoms with Crippen LogP contribution in [-0.2, 0) is 19.1 Å². The molecule has 2 aliphatic rings. The largest absolute Gasteiger partial charge is 0.458 e. The van der Waals surface area contributed by atoms with Crippen LogP contribution in [0.3, 0.4) is 0 Å². The smallest absolute Gasteiger partial charge is 0.309 e. The van der Waals surface area contributed by atoms with Crippen LogP contribution >= 0.6 is 11.3 Å². The summed E-state index contributed by atoms with van der Waals surface area (Å²) in [5.74, 6) is -1.52. The van der Waals surface area contributed by atoms with E-state index in [2.05, 4.69) is 4.98 Å². The molecule has 0 aliphatic carbocycles. The summed E-state index contributed by atoms with van der Waals surface area (Å²) in [7, 11) is 0. The van der Waals surface area contributed by atoms with Crippen molar-refractivity contribution in [3.05, 3.63) is 21.7 Å². The highest BCUT2D eigenvalue weighted by atomic mass is 32.1. The molecule has 1 aromatic rings. The number of hydrogen-bond donors (Lipinski definition) is 2. The predicted molar refractivity (Wildman–Crippen MR) is 131 cm³/mol. The molecule has 2 aliphatic heterocycles. The number of epoxide rings is 1. The van der Waals surface area contributed by atoms with E-state index in [1.54, 1.807) is 32.1 Å². The number of rotatable bonds is 2. The minimum Gasteiger partial charge on any atom is -0.458 e. The van der Waals surface area contributed by atoms with Crippen LogP contribution in [0.15, 0.2) is 11.0 Å². The van der Waals surface area contributed by atoms with E-state index in [0.717, 1.165) is 35.5 Å². The fraction of sp³-hybridized carbons (Fsp3) is 0.731. The Hall–Kier alpha value is -1.61. The number of hydrogen-bond acceptors (Lipinski definition) is 8. The molecule has 0 amide bonds. The molecule has 7 nitrogen and oxygen atoms in total. The van der Waals surface area contributed by atoms with Crippen molar-refractivity contribution < 1.29 is 29.3 Å². The lowest BCUT2D eigenvalue weighted by Gasteiger charge is -2.34. The number of nitrogens with zero attached hydrogens (tertiary/aromatic N) is 1. The van der Waals surface area contributed by atoms with Crippen LogP contribution in [0.4, 0.5) is 0 Å². The Kier molecular flexibility index (Phi) is 8.71. The second kappa shape index (κ2) is 11.0. The summed E-state index contributed by atoms with van der Waals surface area (Å²) in [5, 5.41) is 24.5. The third-order valence-electron chi connectivity index (χ3n) is 7.41. The lowest BCUT2D eigenvalue weighted by atomic mass is 9.73. The van der Waals surface area contributed by atoms with Crippen LogP contribution < -0.4 is 0 Å². The maximum absolute atomic E-state index is 13.2. The number of thiazole rings is 1. The second-order valence-electron chi connectivity index (χ2n) is 10.6. The maximum Gasteiger partial charge on any atom is 0.309 e. The number of fused-ring (bicyclic) bond motifs is 1. The van der Waals surface area contributed by atoms with Gasteiger partial charge in [-0.2, -0.15) is 0 Å². The normalized spacial score (nSPS) is 36.0. The van der Waals surface area contributed by atoms with E-state index in [9.17, 15) is 19.8 Å². The van der Waals surface area contributed by atoms with Gasteiger partial charge in [-0.05, 0) is 44.3 Å². The van der Waals surface area contributed by atoms with E-state index in [1.807, 2.05) is 32.2 Å². The van der Waals surface area contributed by atoms with E-state index in [4.69, 9.17) is 9.47 Å². The van der Waals surface area contributed by atoms with Gasteiger partial charge in [-0.15, -0.1) is 11.3 Å². The summed E-state index contributed by atoms with van der Waals surface area (Å²) in [6.07, 6.45) is 2.28. The minimum atomic E-state index is -1.22. The van der Waals surface area contributed by atoms with Crippen molar-refractivity contribution in [2.75, 3.05) is 0 Å². The molecule has 2 N–H and O–H groups in total. The average molecular weight is 494 g/mol. The van der Waals surface area contributed by atoms with Gasteiger partial charge in [0.05, 0.1) is 47.0 Å². The van der Waals surface area contributed by atoms with E-state index in [0.29, 0.717) is 6.42 Å². The van der Waals surface area contributed by atoms with Gasteiger partial charge < -0.3 is 19.7 Å². The number of Topliss-reactive ketones (excluding diaryl/α,β-unsaturated/α-hetero) is 1. The Morgan fingerprint density at radius 3 is 2.56 bits per heavy atom. The molecule has 8 heteroatoms. The molecule has 0 aromatic carbocycles. The lowest BCUT2D eigenvalue weighted by molar-refractivity contribution is -0.154. The van der Waals surface area contributed by atoms with Crippen LogP contribution in [0.25, 0.3) is 6.08 Å². The zero-order chi connectivity index (χ0) is 25.2. The Bertz CT molecular complexity index is 909. The summed E-state index contributed by atoms with van der Waals surface area (Å²) >= 11 is 1.56. The maximum atomic E-state index is 13.2. The molecule has 0 bridgehead atoms. The molecule has 3 heterocycles. The van der Waals surface area contributed by atoms with E-state index < -0.39 is 35.6 Å². The highest BCUT2D eigenvalue weighted by Crippen LogP contribution is 2.36. The van der Waals surface area contributed by atoms with Crippen LogP contribution in [0, 0.1) is 24.2 Å². The Morgan fingerprint density at radius 1 is 1.21 bits per heavy atom. The standard InChI is InChI=1S/C26H39NO6S/c1-14-8-7-9-19-21(32-19)11-20(15(2)10-18-13-34-17(4)27-18)33-23(29)12-22(28)26(5,6)25(31)16(3)24(14)30/h10,13-14,16,19-22,24,28,30H,7-9,11-12H2,1-6H3/b15-10+/t14-,16+,19+,20-,21+,22-,24?/m0/s1. The molecular formula is C26H39NO6S. The van der Waals surface area contributed by atoms with Crippen molar-refractivity contribution in [2.24, 2.45) is 17.3 Å². The van der Waals surface area contributed by atoms with E-state index in [1.165, 1.54) is 0 Å². The van der Waals surface area contributed by atoms with Gasteiger partial charge in [-0.3, -0.25) is 9.59 Å². The molecule has 1 unspecified atom stereocenters. The third kappa shape index (κ3) is 6.53. The first-order valence-electron chi connectivity index (χ1n) is 12.3. The van der Waals surface area contributed by atoms with Crippen molar-refractivity contribution in [1.29, 1.82) is 0 Å². The highest BCUT2D eigenvalue weighted by Gasteiger charge is 2.44. The molecule has 2 fully saturated rings. The van der Waals surface area contributed by atoms with Crippen molar-refractivity contribution in [1.82, 2.24) is 4.98 Å². The lowest BCUT2D eigenvalue weighted by Crippen LogP contribution is -2.45. The molecule has 190 valence electrons. The molecular weight excluding hydrogens is 454 g/mol. The monoisotopic (exact) mass is 493 g/mol. The highest BCUT2D eigenvalue weighted by molar-refractivity contribution is 7.09. The summed E-state index contributed by atoms with van der Waals surface area (Å²) in [4.78, 5) is 30.5. The van der Waals surface area contributed by atoms with Crippen LogP contribution in [-0.4, -0.2) is 57.5 Å². The SMILES string of the molecule is C/C(=C\c1csc(C)n1)[C@@H]1C[C@H]2O[C@@H]2CCC[C@H](C)C(O)[C@@H](C)C(=O)C(C)(C)[C@@H](O)CC(=O)O1. The van der Waals surface area contributed by atoms with Gasteiger partial charge in [-0.25, -0.2) is 4.98 Å². The molecule has 0 spiro atoms. The van der Waals surface area contributed by atoms with Crippen LogP contribution in [0.5, 0.6) is 0 Å². The number of carbonyl (C=O) groups is 2. The first-order chi connectivity index (χ1) is 15.9. The number of ketones is 1. The number of esters is 1. The average Bonchev–Trinajstić information content (AvgIpc) is 3.38. The van der Waals surface area contributed by atoms with Crippen molar-refractivity contribution in [3.63, 3.8) is 0 Å². The number of carbonyl (C=O) groups excluding carboxylic acids is 2. The predicted octanol–water partition coefficient (Wildman–Crippen LogP) is 4.09. The van der Waals surface area contributed by atoms with E-state index in [-0.39, 0.29) is 30.3 Å². The zero-order valence-corrected chi connectivity index (χ0v) is 21.9. The van der Waals surface area contributed by atoms with Crippen molar-refractivity contribution in [3.8, 4) is 0 Å². The number of ether oxygens (including phenoxy) is 2. The molecule has 0 saturated carbocycles. The van der Waals surface area contributed by atoms with Gasteiger partial charge in [0.2, 0.25) is 0 Å². The summed E-state index contributed by atoms with van der Waals surface area (Å²) in [6, 6.07) is 0. The van der Waals surface area contributed by atoms with Gasteiger partial charge in [0, 0.05) is 17.7 Å². The Balaban J connectivity index is 1.81. The second-order valence-corrected chi connectivity index (χ2v) is 11.7. The molecule has 0 radical (unpaired) electrons. The number of cyclic esters (lactones) is 1. The number of aryl methyl sites for hydroxylation is 1. The molecule has 34 heavy (non-hydrogen) atoms. The van der Waals surface area contributed by atoms with E-state index >= 15 is 0 Å². The quantitative estimate of drug-likeness (QED) is 0.472. The van der Waals surface area contributed by atoms with Gasteiger partial charge in [-0.1, -0.05) is 34.1 Å². The van der Waals surface area contributed by atoms with Gasteiger partial charge in [0.25, 0.3) is 0 Å². The Labute approximate surface area is 206 Å². The topological polar surface area (TPSA) is 109 Å². The van der Waals surface area contributed by atoms with Gasteiger partial charge >= 0.3 is 5.97 Å². The first-order valence-corrected chi connectivity index (χ1v) is 13.1. The fourth-order valence-corrected chi connectivity index (χ4v) is 5.35. The van der Waals surface area contributed by atoms with Crippen LogP contribution in [0.2, 0.25) is 0 Å². The number of aliphatic hydroxyl groups excluding tert-OH is 2. The fourth-order valence-electron chi connectivity index (χ4n) is 4.78. The van der Waals surface area contributed by atoms with Crippen molar-refractivity contribution >= 4 is 29.2 Å². The van der Waals surface area contributed by atoms with Crippen LogP contribution in [0.1, 0.15) is 77.4 Å². The van der Waals surface area contributed by atoms with Gasteiger partial charge in [0.15, 0.2) is 0 Å². The summed E-state index contributed by atoms with van der Waals surface area (Å²) in [5.41, 5.74) is 0.494. The Morgan fingerprint density at radius 2 is 1.91 bits per heavy atom. The summed E-state index contributed by atoms with van der Waals surface area (Å²) < 4.78 is 11.7. The molecule has 7 atom stereocenters. The first kappa shape index (κ1) is 27.0. The molecule has 3 rings (SSSR count). The van der Waals surface area contributed by atoms with Crippen molar-refractivity contribution in [2.45, 2.75) is 104 Å². The van der Waals surface area contributed by atoms with Gasteiger partial charge in [0.1, 0.15) is 11.9 Å². The number of aromatic nitrogens is 1. The summed E-state index contributed by atoms with van der Waals surface area (Å²) in [6.45, 7) is 10.8. The molecule has 1 aromatic heterocycles. The number of aliphatic hydroxyl groups is 2. The third-order valence-corrected chi connectivity index (χ3v) is 8.20. The zero-order valence-electron chi connectivity index (χ0n) is 21.1. The molecule has 2 saturated heterocycles. The minimum absolute atomic E-state index is 0.00770.